The van der Waals surface area contributed by atoms with Gasteiger partial charge in [-0.05, 0) is 13.1 Å². The van der Waals surface area contributed by atoms with E-state index >= 15 is 0 Å². The zero-order valence-corrected chi connectivity index (χ0v) is 5.65. The van der Waals surface area contributed by atoms with E-state index in [1.165, 1.54) is 0 Å². The molecule has 50 valence electrons. The first-order valence-electron chi connectivity index (χ1n) is 3.13. The Morgan fingerprint density at radius 2 is 1.75 bits per heavy atom. The lowest BCUT2D eigenvalue weighted by molar-refractivity contribution is 0.271. The molecule has 0 rings (SSSR count). The molecule has 0 saturated carbocycles. The molecule has 0 saturated heterocycles. The second kappa shape index (κ2) is 5.04. The normalized spacial score (nSPS) is 10.5. The molecule has 0 aliphatic rings. The number of alkyl halides is 1. The van der Waals surface area contributed by atoms with Crippen LogP contribution in [0.3, 0.4) is 0 Å². The van der Waals surface area contributed by atoms with E-state index in [4.69, 9.17) is 0 Å². The van der Waals surface area contributed by atoms with Crippen molar-refractivity contribution in [3.05, 3.63) is 0 Å². The Morgan fingerprint density at radius 1 is 1.25 bits per heavy atom. The maximum Gasteiger partial charge on any atom is 0.102 e. The average molecular weight is 119 g/mol. The second-order valence-electron chi connectivity index (χ2n) is 1.72. The first kappa shape index (κ1) is 7.89. The molecule has 0 spiro atoms. The van der Waals surface area contributed by atoms with Gasteiger partial charge in [-0.2, -0.15) is 0 Å². The molecule has 0 heterocycles. The average Bonchev–Trinajstić information content (AvgIpc) is 1.83. The van der Waals surface area contributed by atoms with Crippen molar-refractivity contribution in [2.24, 2.45) is 0 Å². The van der Waals surface area contributed by atoms with Gasteiger partial charge in [0, 0.05) is 6.54 Å². The predicted molar refractivity (Wildman–Crippen MR) is 33.8 cm³/mol. The van der Waals surface area contributed by atoms with Gasteiger partial charge in [0.2, 0.25) is 0 Å². The van der Waals surface area contributed by atoms with Gasteiger partial charge in [-0.15, -0.1) is 0 Å². The number of halogens is 1. The van der Waals surface area contributed by atoms with Crippen LogP contribution in [0.1, 0.15) is 13.8 Å². The summed E-state index contributed by atoms with van der Waals surface area (Å²) in [6.45, 7) is 6.37. The fourth-order valence-corrected chi connectivity index (χ4v) is 0.659. The topological polar surface area (TPSA) is 3.24 Å². The molecule has 1 nitrogen and oxygen atoms in total. The van der Waals surface area contributed by atoms with Crippen molar-refractivity contribution in [2.45, 2.75) is 13.8 Å². The van der Waals surface area contributed by atoms with Crippen LogP contribution < -0.4 is 0 Å². The highest BCUT2D eigenvalue weighted by Crippen LogP contribution is 1.84. The molecule has 0 fully saturated rings. The van der Waals surface area contributed by atoms with Crippen molar-refractivity contribution >= 4 is 0 Å². The maximum absolute atomic E-state index is 11.6. The summed E-state index contributed by atoms with van der Waals surface area (Å²) in [7, 11) is 0. The van der Waals surface area contributed by atoms with Gasteiger partial charge in [-0.3, -0.25) is 0 Å². The number of rotatable bonds is 4. The Kier molecular flexibility index (Phi) is 4.97. The Morgan fingerprint density at radius 3 is 1.88 bits per heavy atom. The van der Waals surface area contributed by atoms with Crippen molar-refractivity contribution < 1.29 is 4.39 Å². The van der Waals surface area contributed by atoms with E-state index < -0.39 is 0 Å². The van der Waals surface area contributed by atoms with Crippen LogP contribution in [0, 0.1) is 0 Å². The van der Waals surface area contributed by atoms with Gasteiger partial charge in [0.25, 0.3) is 0 Å². The summed E-state index contributed by atoms with van der Waals surface area (Å²) in [5.41, 5.74) is 0. The summed E-state index contributed by atoms with van der Waals surface area (Å²) in [5.74, 6) is 0. The van der Waals surface area contributed by atoms with E-state index in [0.717, 1.165) is 13.1 Å². The first-order valence-corrected chi connectivity index (χ1v) is 3.13. The zero-order chi connectivity index (χ0) is 6.41. The van der Waals surface area contributed by atoms with E-state index in [9.17, 15) is 4.39 Å². The molecule has 0 amide bonds. The Bertz CT molecular complexity index is 43.8. The Hall–Kier alpha value is -0.110. The van der Waals surface area contributed by atoms with Crippen LogP contribution in [0.5, 0.6) is 0 Å². The van der Waals surface area contributed by atoms with E-state index in [1.807, 2.05) is 13.8 Å². The van der Waals surface area contributed by atoms with Gasteiger partial charge in [0.1, 0.15) is 6.67 Å². The summed E-state index contributed by atoms with van der Waals surface area (Å²) >= 11 is 0. The molecular weight excluding hydrogens is 105 g/mol. The highest BCUT2D eigenvalue weighted by molar-refractivity contribution is 4.48. The van der Waals surface area contributed by atoms with Crippen molar-refractivity contribution in [3.63, 3.8) is 0 Å². The molecule has 0 radical (unpaired) electrons. The Labute approximate surface area is 50.5 Å². The molecule has 0 aromatic carbocycles. The third-order valence-corrected chi connectivity index (χ3v) is 1.30. The lowest BCUT2D eigenvalue weighted by Crippen LogP contribution is -2.24. The van der Waals surface area contributed by atoms with Gasteiger partial charge < -0.3 is 4.90 Å². The van der Waals surface area contributed by atoms with Crippen molar-refractivity contribution in [1.82, 2.24) is 4.90 Å². The van der Waals surface area contributed by atoms with Crippen LogP contribution in [0.4, 0.5) is 4.39 Å². The predicted octanol–water partition coefficient (Wildman–Crippen LogP) is 1.30. The summed E-state index contributed by atoms with van der Waals surface area (Å²) in [4.78, 5) is 2.06. The molecule has 0 aliphatic heterocycles. The van der Waals surface area contributed by atoms with Crippen LogP contribution in [0.25, 0.3) is 0 Å². The fraction of sp³-hybridized carbons (Fsp3) is 1.00. The number of nitrogens with zero attached hydrogens (tertiary/aromatic N) is 1. The largest absolute Gasteiger partial charge is 0.301 e. The van der Waals surface area contributed by atoms with Gasteiger partial charge in [0.15, 0.2) is 0 Å². The van der Waals surface area contributed by atoms with Crippen LogP contribution >= 0.6 is 0 Å². The van der Waals surface area contributed by atoms with E-state index in [2.05, 4.69) is 4.90 Å². The van der Waals surface area contributed by atoms with Gasteiger partial charge in [-0.1, -0.05) is 13.8 Å². The maximum atomic E-state index is 11.6. The second-order valence-corrected chi connectivity index (χ2v) is 1.72. The van der Waals surface area contributed by atoms with Crippen molar-refractivity contribution in [2.75, 3.05) is 26.3 Å². The molecule has 2 heteroatoms. The highest BCUT2D eigenvalue weighted by atomic mass is 19.1. The molecule has 0 bridgehead atoms. The van der Waals surface area contributed by atoms with E-state index in [0.29, 0.717) is 6.54 Å². The Balaban J connectivity index is 3.07. The summed E-state index contributed by atoms with van der Waals surface area (Å²) < 4.78 is 11.6. The quantitative estimate of drug-likeness (QED) is 0.539. The third-order valence-electron chi connectivity index (χ3n) is 1.30. The lowest BCUT2D eigenvalue weighted by Gasteiger charge is -2.14. The van der Waals surface area contributed by atoms with Gasteiger partial charge in [-0.25, -0.2) is 4.39 Å². The fourth-order valence-electron chi connectivity index (χ4n) is 0.659. The molecule has 0 aromatic heterocycles. The minimum absolute atomic E-state index is 0.221. The molecule has 0 atom stereocenters. The van der Waals surface area contributed by atoms with Gasteiger partial charge >= 0.3 is 0 Å². The van der Waals surface area contributed by atoms with Gasteiger partial charge in [0.05, 0.1) is 0 Å². The first-order chi connectivity index (χ1) is 3.85. The van der Waals surface area contributed by atoms with Crippen LogP contribution in [-0.2, 0) is 0 Å². The number of hydrogen-bond donors (Lipinski definition) is 0. The van der Waals surface area contributed by atoms with Crippen molar-refractivity contribution in [1.29, 1.82) is 0 Å². The van der Waals surface area contributed by atoms with E-state index in [-0.39, 0.29) is 6.67 Å². The molecule has 0 aliphatic carbocycles. The zero-order valence-electron chi connectivity index (χ0n) is 5.65. The molecule has 0 aromatic rings. The smallest absolute Gasteiger partial charge is 0.102 e. The van der Waals surface area contributed by atoms with Crippen molar-refractivity contribution in [3.8, 4) is 0 Å². The summed E-state index contributed by atoms with van der Waals surface area (Å²) in [6, 6.07) is 0. The molecule has 0 unspecified atom stereocenters. The minimum Gasteiger partial charge on any atom is -0.301 e. The van der Waals surface area contributed by atoms with Crippen LogP contribution in [0.15, 0.2) is 0 Å². The lowest BCUT2D eigenvalue weighted by atomic mass is 10.5. The molecule has 0 N–H and O–H groups in total. The molecular formula is C6H14FN. The summed E-state index contributed by atoms with van der Waals surface area (Å²) in [6.07, 6.45) is 0. The molecule has 8 heavy (non-hydrogen) atoms. The third kappa shape index (κ3) is 2.97. The van der Waals surface area contributed by atoms with E-state index in [1.54, 1.807) is 0 Å². The van der Waals surface area contributed by atoms with Crippen LogP contribution in [0.2, 0.25) is 0 Å². The standard InChI is InChI=1S/C6H14FN/c1-3-8(4-2)6-5-7/h3-6H2,1-2H3. The summed E-state index contributed by atoms with van der Waals surface area (Å²) in [5, 5.41) is 0. The SMILES string of the molecule is CCN(CC)CCF. The number of hydrogen-bond acceptors (Lipinski definition) is 1. The van der Waals surface area contributed by atoms with Crippen LogP contribution in [-0.4, -0.2) is 31.2 Å². The highest BCUT2D eigenvalue weighted by Gasteiger charge is 1.94. The minimum atomic E-state index is -0.221. The monoisotopic (exact) mass is 119 g/mol.